The number of amides is 6. The molecule has 0 aliphatic heterocycles. The normalized spacial score (nSPS) is 13.3. The van der Waals surface area contributed by atoms with E-state index < -0.39 is 131 Å². The highest BCUT2D eigenvalue weighted by atomic mass is 19.4. The lowest BCUT2D eigenvalue weighted by atomic mass is 10.1. The van der Waals surface area contributed by atoms with Gasteiger partial charge in [0, 0.05) is 38.5 Å². The minimum absolute atomic E-state index is 0.0632. The fraction of sp³-hybridized carbons (Fsp3) is 0.263. The molecular weight excluding hydrogens is 952 g/mol. The number of halogens is 3. The molecule has 0 radical (unpaired) electrons. The summed E-state index contributed by atoms with van der Waals surface area (Å²) in [5.74, 6) is -11.7. The van der Waals surface area contributed by atoms with Crippen molar-refractivity contribution in [3.8, 4) is 0 Å². The number of aliphatic imine (C=N–C) groups is 4. The third-order valence-electron chi connectivity index (χ3n) is 9.07. The van der Waals surface area contributed by atoms with Crippen LogP contribution in [0.15, 0.2) is 92.8 Å². The highest BCUT2D eigenvalue weighted by Gasteiger charge is 2.40. The molecule has 3 rings (SSSR count). The van der Waals surface area contributed by atoms with Crippen molar-refractivity contribution < 1.29 is 52.0 Å². The first-order chi connectivity index (χ1) is 33.1. The van der Waals surface area contributed by atoms with Gasteiger partial charge in [0.25, 0.3) is 35.2 Å². The lowest BCUT2D eigenvalue weighted by Crippen LogP contribution is -2.58. The van der Waals surface area contributed by atoms with Gasteiger partial charge in [0.05, 0.1) is 16.2 Å². The van der Waals surface area contributed by atoms with Crippen LogP contribution in [0.1, 0.15) is 22.7 Å². The van der Waals surface area contributed by atoms with Crippen LogP contribution in [0.25, 0.3) is 0 Å². The number of aliphatic hydroxyl groups is 1. The number of nitrogens with zero attached hydrogens (tertiary/aromatic N) is 7. The van der Waals surface area contributed by atoms with Gasteiger partial charge in [-0.2, -0.15) is 13.2 Å². The van der Waals surface area contributed by atoms with Gasteiger partial charge in [-0.25, -0.2) is 20.0 Å². The average molecular weight is 1000 g/mol. The summed E-state index contributed by atoms with van der Waals surface area (Å²) in [6.45, 7) is -0.619. The summed E-state index contributed by atoms with van der Waals surface area (Å²) in [6.07, 6.45) is -16.4. The molecule has 3 aromatic carbocycles. The molecule has 6 atom stereocenters. The molecule has 30 nitrogen and oxygen atoms in total. The molecule has 382 valence electrons. The quantitative estimate of drug-likeness (QED) is 0.0147. The number of benzene rings is 3. The van der Waals surface area contributed by atoms with E-state index in [1.54, 1.807) is 31.1 Å². The predicted octanol–water partition coefficient (Wildman–Crippen LogP) is -5.79. The van der Waals surface area contributed by atoms with Crippen LogP contribution in [0.3, 0.4) is 0 Å². The topological polar surface area (TPSA) is 516 Å². The lowest BCUT2D eigenvalue weighted by Gasteiger charge is -2.32. The first-order valence-corrected chi connectivity index (χ1v) is 19.9. The van der Waals surface area contributed by atoms with Crippen molar-refractivity contribution in [2.24, 2.45) is 71.6 Å². The maximum atomic E-state index is 14.6. The molecule has 0 aliphatic carbocycles. The molecule has 0 aliphatic rings. The Kier molecular flexibility index (Phi) is 19.1. The van der Waals surface area contributed by atoms with Crippen molar-refractivity contribution in [2.75, 3.05) is 23.9 Å². The van der Waals surface area contributed by atoms with Crippen molar-refractivity contribution in [3.63, 3.8) is 0 Å². The molecule has 0 saturated carbocycles. The molecule has 0 heterocycles. The number of rotatable bonds is 22. The number of carbonyl (C=O) groups excluding carboxylic acids is 6. The number of hydrogen-bond donors (Lipinski definition) is 15. The van der Waals surface area contributed by atoms with Crippen molar-refractivity contribution in [2.45, 2.75) is 49.7 Å². The number of guanidine groups is 4. The SMILES string of the molecule is CN(C)c1ccc(CN(c2ccc([N+](=O)[O-])cc2C(F)(F)F)C(O)C(=O)NC(C(=O)NC(N=C(N)N)C(=O)NC(N=C(N)N)C(=O)NC(N=C(N)N)C(=O)NC(N=C(N)N)C(N)=O)c2ccccc2)cc1. The summed E-state index contributed by atoms with van der Waals surface area (Å²) in [4.78, 5) is 107. The third kappa shape index (κ3) is 16.6. The Labute approximate surface area is 399 Å². The zero-order valence-electron chi connectivity index (χ0n) is 37.3. The molecule has 24 N–H and O–H groups in total. The van der Waals surface area contributed by atoms with Gasteiger partial charge < -0.3 is 93.1 Å². The summed E-state index contributed by atoms with van der Waals surface area (Å²) in [5, 5.41) is 33.4. The first kappa shape index (κ1) is 55.6. The molecule has 0 aromatic heterocycles. The second-order valence-corrected chi connectivity index (χ2v) is 14.6. The van der Waals surface area contributed by atoms with Crippen LogP contribution < -0.4 is 88.0 Å². The fourth-order valence-electron chi connectivity index (χ4n) is 5.91. The molecule has 6 unspecified atom stereocenters. The Hall–Kier alpha value is -9.69. The van der Waals surface area contributed by atoms with Gasteiger partial charge in [0.15, 0.2) is 23.8 Å². The zero-order valence-corrected chi connectivity index (χ0v) is 37.3. The Morgan fingerprint density at radius 1 is 0.634 bits per heavy atom. The second kappa shape index (κ2) is 24.4. The number of aliphatic hydroxyl groups excluding tert-OH is 1. The molecule has 6 amide bonds. The second-order valence-electron chi connectivity index (χ2n) is 14.6. The van der Waals surface area contributed by atoms with Crippen LogP contribution in [0.4, 0.5) is 30.2 Å². The van der Waals surface area contributed by atoms with Crippen LogP contribution in [0.2, 0.25) is 0 Å². The van der Waals surface area contributed by atoms with E-state index in [-0.39, 0.29) is 17.2 Å². The predicted molar refractivity (Wildman–Crippen MR) is 249 cm³/mol. The number of nitro benzene ring substituents is 1. The van der Waals surface area contributed by atoms with E-state index in [1.807, 2.05) is 16.0 Å². The molecule has 33 heteroatoms. The monoisotopic (exact) mass is 1000 g/mol. The zero-order chi connectivity index (χ0) is 53.5. The minimum Gasteiger partial charge on any atom is -0.378 e. The number of nitro groups is 1. The number of carbonyl (C=O) groups is 6. The van der Waals surface area contributed by atoms with E-state index in [9.17, 15) is 57.2 Å². The third-order valence-corrected chi connectivity index (χ3v) is 9.07. The van der Waals surface area contributed by atoms with E-state index in [4.69, 9.17) is 51.6 Å². The molecule has 0 fully saturated rings. The number of primary amides is 1. The minimum atomic E-state index is -5.27. The number of anilines is 2. The maximum absolute atomic E-state index is 14.6. The Morgan fingerprint density at radius 3 is 1.48 bits per heavy atom. The largest absolute Gasteiger partial charge is 0.418 e. The van der Waals surface area contributed by atoms with Crippen molar-refractivity contribution in [1.82, 2.24) is 26.6 Å². The molecule has 0 bridgehead atoms. The van der Waals surface area contributed by atoms with Crippen molar-refractivity contribution >= 4 is 76.3 Å². The number of nitrogens with one attached hydrogen (secondary N) is 5. The average Bonchev–Trinajstić information content (AvgIpc) is 3.27. The number of alkyl halides is 3. The molecule has 3 aromatic rings. The van der Waals surface area contributed by atoms with Crippen LogP contribution in [-0.2, 0) is 41.5 Å². The van der Waals surface area contributed by atoms with Gasteiger partial charge in [-0.05, 0) is 29.3 Å². The van der Waals surface area contributed by atoms with Crippen LogP contribution in [0, 0.1) is 10.1 Å². The van der Waals surface area contributed by atoms with Crippen molar-refractivity contribution in [3.05, 3.63) is 99.6 Å². The molecule has 71 heavy (non-hydrogen) atoms. The van der Waals surface area contributed by atoms with Gasteiger partial charge in [-0.15, -0.1) is 0 Å². The van der Waals surface area contributed by atoms with E-state index >= 15 is 0 Å². The van der Waals surface area contributed by atoms with E-state index in [2.05, 4.69) is 30.6 Å². The van der Waals surface area contributed by atoms with E-state index in [0.717, 1.165) is 6.07 Å². The summed E-state index contributed by atoms with van der Waals surface area (Å²) in [7, 11) is 3.44. The number of non-ortho nitro benzene ring substituents is 1. The highest BCUT2D eigenvalue weighted by molar-refractivity contribution is 5.99. The summed E-state index contributed by atoms with van der Waals surface area (Å²) < 4.78 is 43.7. The Bertz CT molecular complexity index is 2560. The highest BCUT2D eigenvalue weighted by Crippen LogP contribution is 2.40. The summed E-state index contributed by atoms with van der Waals surface area (Å²) in [5.41, 5.74) is 46.0. The van der Waals surface area contributed by atoms with Crippen LogP contribution in [-0.4, -0.2) is 114 Å². The fourth-order valence-corrected chi connectivity index (χ4v) is 5.91. The van der Waals surface area contributed by atoms with Crippen molar-refractivity contribution in [1.29, 1.82) is 0 Å². The van der Waals surface area contributed by atoms with Crippen LogP contribution >= 0.6 is 0 Å². The van der Waals surface area contributed by atoms with Crippen LogP contribution in [0.5, 0.6) is 0 Å². The van der Waals surface area contributed by atoms with E-state index in [0.29, 0.717) is 16.7 Å². The lowest BCUT2D eigenvalue weighted by molar-refractivity contribution is -0.385. The standard InChI is InChI=1S/C38H50F3N21O9/c1-60(2)18-10-8-16(9-11-18)15-61(21-13-12-19(62(70)71)14-20(21)38(39,40)41)33(69)32(68)51-22(17-6-4-3-5-7-17)28(64)53-25(57-35(45)46)30(66)55-27(59-37(49)50)31(67)54-26(58-36(47)48)29(65)52-24(23(42)63)56-34(43)44/h3-14,22,24-27,33,69H,15H2,1-2H3,(H2,42,63)(H,51,68)(H,52,65)(H,53,64)(H,54,67)(H,55,66)(H4,43,44,56)(H4,45,46,57)(H4,47,48,58)(H4,49,50,59). The van der Waals surface area contributed by atoms with Gasteiger partial charge in [-0.3, -0.25) is 38.9 Å². The molecule has 0 saturated heterocycles. The maximum Gasteiger partial charge on any atom is 0.418 e. The van der Waals surface area contributed by atoms with Gasteiger partial charge in [-0.1, -0.05) is 42.5 Å². The Morgan fingerprint density at radius 2 is 1.07 bits per heavy atom. The smallest absolute Gasteiger partial charge is 0.378 e. The van der Waals surface area contributed by atoms with Gasteiger partial charge in [0.1, 0.15) is 6.04 Å². The summed E-state index contributed by atoms with van der Waals surface area (Å²) >= 11 is 0. The van der Waals surface area contributed by atoms with Gasteiger partial charge >= 0.3 is 6.18 Å². The number of hydrogen-bond acceptors (Lipinski definition) is 15. The first-order valence-electron chi connectivity index (χ1n) is 19.9. The van der Waals surface area contributed by atoms with E-state index in [1.165, 1.54) is 42.5 Å². The number of nitrogens with two attached hydrogens (primary N) is 9. The molecular formula is C38H50F3N21O9. The molecule has 0 spiro atoms. The Balaban J connectivity index is 2.04. The summed E-state index contributed by atoms with van der Waals surface area (Å²) in [6, 6.07) is 12.7. The van der Waals surface area contributed by atoms with Gasteiger partial charge in [0.2, 0.25) is 36.8 Å².